The molecule has 0 saturated heterocycles. The number of ether oxygens (including phenoxy) is 1. The first-order chi connectivity index (χ1) is 10.0. The van der Waals surface area contributed by atoms with Crippen LogP contribution in [0.4, 0.5) is 8.78 Å². The third-order valence-corrected chi connectivity index (χ3v) is 3.33. The third kappa shape index (κ3) is 3.70. The van der Waals surface area contributed by atoms with Gasteiger partial charge < -0.3 is 15.2 Å². The summed E-state index contributed by atoms with van der Waals surface area (Å²) in [5.74, 6) is -1.03. The van der Waals surface area contributed by atoms with E-state index in [1.807, 2.05) is 6.92 Å². The van der Waals surface area contributed by atoms with Crippen molar-refractivity contribution in [2.75, 3.05) is 7.11 Å². The molecule has 0 aliphatic carbocycles. The minimum absolute atomic E-state index is 0.124. The van der Waals surface area contributed by atoms with Crippen molar-refractivity contribution in [1.29, 1.82) is 0 Å². The highest BCUT2D eigenvalue weighted by molar-refractivity contribution is 5.39. The second-order valence-corrected chi connectivity index (χ2v) is 4.77. The van der Waals surface area contributed by atoms with Crippen LogP contribution >= 0.6 is 0 Å². The van der Waals surface area contributed by atoms with Crippen LogP contribution in [0.5, 0.6) is 11.5 Å². The number of phenolic OH excluding ortho intramolecular Hbond substituents is 1. The first-order valence-electron chi connectivity index (χ1n) is 6.55. The molecule has 5 heteroatoms. The van der Waals surface area contributed by atoms with Gasteiger partial charge in [0, 0.05) is 24.2 Å². The maximum absolute atomic E-state index is 13.2. The zero-order chi connectivity index (χ0) is 15.4. The van der Waals surface area contributed by atoms with Crippen molar-refractivity contribution in [3.8, 4) is 11.5 Å². The van der Waals surface area contributed by atoms with E-state index in [1.165, 1.54) is 25.3 Å². The Morgan fingerprint density at radius 1 is 1.14 bits per heavy atom. The summed E-state index contributed by atoms with van der Waals surface area (Å²) in [6, 6.07) is 8.65. The molecule has 2 N–H and O–H groups in total. The fraction of sp³-hybridized carbons (Fsp3) is 0.250. The Kier molecular flexibility index (Phi) is 4.75. The summed E-state index contributed by atoms with van der Waals surface area (Å²) in [6.07, 6.45) is 0. The van der Waals surface area contributed by atoms with E-state index in [-0.39, 0.29) is 11.8 Å². The number of phenols is 1. The Morgan fingerprint density at radius 2 is 1.90 bits per heavy atom. The van der Waals surface area contributed by atoms with Crippen LogP contribution in [-0.2, 0) is 6.54 Å². The number of rotatable bonds is 5. The summed E-state index contributed by atoms with van der Waals surface area (Å²) in [7, 11) is 1.53. The Hall–Kier alpha value is -2.14. The highest BCUT2D eigenvalue weighted by Gasteiger charge is 2.10. The summed E-state index contributed by atoms with van der Waals surface area (Å²) in [5.41, 5.74) is 1.34. The number of benzene rings is 2. The molecule has 21 heavy (non-hydrogen) atoms. The summed E-state index contributed by atoms with van der Waals surface area (Å²) in [5, 5.41) is 13.0. The molecule has 0 aliphatic heterocycles. The average Bonchev–Trinajstić information content (AvgIpc) is 2.48. The molecule has 112 valence electrons. The Bertz CT molecular complexity index is 632. The fourth-order valence-corrected chi connectivity index (χ4v) is 1.98. The van der Waals surface area contributed by atoms with Crippen LogP contribution in [0.2, 0.25) is 0 Å². The molecule has 1 atom stereocenters. The minimum Gasteiger partial charge on any atom is -0.507 e. The Labute approximate surface area is 122 Å². The lowest BCUT2D eigenvalue weighted by Crippen LogP contribution is -2.18. The predicted molar refractivity (Wildman–Crippen MR) is 76.3 cm³/mol. The van der Waals surface area contributed by atoms with Crippen LogP contribution in [0.25, 0.3) is 0 Å². The maximum Gasteiger partial charge on any atom is 0.159 e. The standard InChI is InChI=1S/C16H17F2NO2/c1-10(11-4-6-14(17)15(18)7-11)19-9-12-3-5-13(21-2)8-16(12)20/h3-8,10,19-20H,9H2,1-2H3. The highest BCUT2D eigenvalue weighted by atomic mass is 19.2. The van der Waals surface area contributed by atoms with Gasteiger partial charge in [-0.05, 0) is 30.7 Å². The van der Waals surface area contributed by atoms with E-state index < -0.39 is 11.6 Å². The van der Waals surface area contributed by atoms with Gasteiger partial charge in [-0.1, -0.05) is 12.1 Å². The molecule has 0 bridgehead atoms. The van der Waals surface area contributed by atoms with E-state index in [0.717, 1.165) is 6.07 Å². The molecular formula is C16H17F2NO2. The van der Waals surface area contributed by atoms with Gasteiger partial charge in [-0.15, -0.1) is 0 Å². The van der Waals surface area contributed by atoms with E-state index >= 15 is 0 Å². The largest absolute Gasteiger partial charge is 0.507 e. The van der Waals surface area contributed by atoms with Gasteiger partial charge in [-0.2, -0.15) is 0 Å². The predicted octanol–water partition coefficient (Wildman–Crippen LogP) is 3.53. The summed E-state index contributed by atoms with van der Waals surface area (Å²) >= 11 is 0. The molecule has 0 aromatic heterocycles. The van der Waals surface area contributed by atoms with E-state index in [4.69, 9.17) is 4.74 Å². The van der Waals surface area contributed by atoms with Gasteiger partial charge in [-0.25, -0.2) is 8.78 Å². The van der Waals surface area contributed by atoms with Crippen molar-refractivity contribution < 1.29 is 18.6 Å². The van der Waals surface area contributed by atoms with Crippen LogP contribution in [0, 0.1) is 11.6 Å². The SMILES string of the molecule is COc1ccc(CNC(C)c2ccc(F)c(F)c2)c(O)c1. The number of hydrogen-bond donors (Lipinski definition) is 2. The Morgan fingerprint density at radius 3 is 2.52 bits per heavy atom. The van der Waals surface area contributed by atoms with Crippen LogP contribution in [0.15, 0.2) is 36.4 Å². The van der Waals surface area contributed by atoms with Crippen LogP contribution in [-0.4, -0.2) is 12.2 Å². The first kappa shape index (κ1) is 15.3. The lowest BCUT2D eigenvalue weighted by atomic mass is 10.1. The molecule has 0 aliphatic rings. The maximum atomic E-state index is 13.2. The van der Waals surface area contributed by atoms with Gasteiger partial charge in [-0.3, -0.25) is 0 Å². The van der Waals surface area contributed by atoms with Crippen molar-refractivity contribution in [2.24, 2.45) is 0 Å². The number of halogens is 2. The summed E-state index contributed by atoms with van der Waals surface area (Å²) in [6.45, 7) is 2.24. The fourth-order valence-electron chi connectivity index (χ4n) is 1.98. The zero-order valence-corrected chi connectivity index (χ0v) is 11.9. The molecule has 0 fully saturated rings. The molecular weight excluding hydrogens is 276 g/mol. The third-order valence-electron chi connectivity index (χ3n) is 3.33. The van der Waals surface area contributed by atoms with E-state index in [0.29, 0.717) is 23.4 Å². The van der Waals surface area contributed by atoms with Crippen LogP contribution in [0.3, 0.4) is 0 Å². The molecule has 0 spiro atoms. The Balaban J connectivity index is 2.03. The van der Waals surface area contributed by atoms with Gasteiger partial charge in [0.1, 0.15) is 11.5 Å². The second kappa shape index (κ2) is 6.54. The van der Waals surface area contributed by atoms with Crippen molar-refractivity contribution in [2.45, 2.75) is 19.5 Å². The molecule has 2 rings (SSSR count). The first-order valence-corrected chi connectivity index (χ1v) is 6.55. The number of nitrogens with one attached hydrogen (secondary N) is 1. The van der Waals surface area contributed by atoms with Crippen LogP contribution in [0.1, 0.15) is 24.1 Å². The number of aromatic hydroxyl groups is 1. The number of hydrogen-bond acceptors (Lipinski definition) is 3. The molecule has 2 aromatic rings. The monoisotopic (exact) mass is 293 g/mol. The topological polar surface area (TPSA) is 41.5 Å². The summed E-state index contributed by atoms with van der Waals surface area (Å²) in [4.78, 5) is 0. The lowest BCUT2D eigenvalue weighted by molar-refractivity contribution is 0.405. The second-order valence-electron chi connectivity index (χ2n) is 4.77. The minimum atomic E-state index is -0.867. The zero-order valence-electron chi connectivity index (χ0n) is 11.9. The molecule has 0 heterocycles. The van der Waals surface area contributed by atoms with Crippen molar-refractivity contribution >= 4 is 0 Å². The molecule has 0 amide bonds. The molecule has 1 unspecified atom stereocenters. The smallest absolute Gasteiger partial charge is 0.159 e. The van der Waals surface area contributed by atoms with E-state index in [1.54, 1.807) is 12.1 Å². The summed E-state index contributed by atoms with van der Waals surface area (Å²) < 4.78 is 31.1. The average molecular weight is 293 g/mol. The van der Waals surface area contributed by atoms with Gasteiger partial charge in [0.05, 0.1) is 7.11 Å². The van der Waals surface area contributed by atoms with E-state index in [9.17, 15) is 13.9 Å². The van der Waals surface area contributed by atoms with Gasteiger partial charge in [0.25, 0.3) is 0 Å². The van der Waals surface area contributed by atoms with Gasteiger partial charge in [0.15, 0.2) is 11.6 Å². The lowest BCUT2D eigenvalue weighted by Gasteiger charge is -2.15. The van der Waals surface area contributed by atoms with Crippen molar-refractivity contribution in [3.05, 3.63) is 59.2 Å². The van der Waals surface area contributed by atoms with Crippen molar-refractivity contribution in [3.63, 3.8) is 0 Å². The quantitative estimate of drug-likeness (QED) is 0.886. The van der Waals surface area contributed by atoms with Gasteiger partial charge >= 0.3 is 0 Å². The molecule has 0 saturated carbocycles. The van der Waals surface area contributed by atoms with Crippen LogP contribution < -0.4 is 10.1 Å². The molecule has 3 nitrogen and oxygen atoms in total. The highest BCUT2D eigenvalue weighted by Crippen LogP contribution is 2.24. The van der Waals surface area contributed by atoms with Gasteiger partial charge in [0.2, 0.25) is 0 Å². The molecule has 2 aromatic carbocycles. The number of methoxy groups -OCH3 is 1. The van der Waals surface area contributed by atoms with E-state index in [2.05, 4.69) is 5.32 Å². The normalized spacial score (nSPS) is 12.2. The molecule has 0 radical (unpaired) electrons. The van der Waals surface area contributed by atoms with Crippen molar-refractivity contribution in [1.82, 2.24) is 5.32 Å².